The number of rotatable bonds is 6. The van der Waals surface area contributed by atoms with E-state index in [2.05, 4.69) is 5.32 Å². The van der Waals surface area contributed by atoms with Crippen molar-refractivity contribution >= 4 is 23.2 Å². The smallest absolute Gasteiger partial charge is 0.269 e. The van der Waals surface area contributed by atoms with E-state index in [0.29, 0.717) is 17.7 Å². The van der Waals surface area contributed by atoms with Crippen LogP contribution in [0.3, 0.4) is 0 Å². The van der Waals surface area contributed by atoms with Gasteiger partial charge >= 0.3 is 0 Å². The second-order valence-electron chi connectivity index (χ2n) is 4.35. The molecule has 104 valence electrons. The Hall–Kier alpha value is -1.62. The fraction of sp³-hybridized carbons (Fsp3) is 0.462. The lowest BCUT2D eigenvalue weighted by Gasteiger charge is -2.11. The summed E-state index contributed by atoms with van der Waals surface area (Å²) < 4.78 is 0. The Morgan fingerprint density at radius 2 is 2.21 bits per heavy atom. The Kier molecular flexibility index (Phi) is 5.76. The van der Waals surface area contributed by atoms with E-state index in [0.717, 1.165) is 12.8 Å². The van der Waals surface area contributed by atoms with Gasteiger partial charge in [0.1, 0.15) is 0 Å². The highest BCUT2D eigenvalue weighted by Gasteiger charge is 2.14. The number of halogens is 1. The van der Waals surface area contributed by atoms with E-state index in [1.54, 1.807) is 6.92 Å². The molecule has 0 aliphatic carbocycles. The van der Waals surface area contributed by atoms with Crippen LogP contribution in [0.4, 0.5) is 5.69 Å². The number of nitrogens with zero attached hydrogens (tertiary/aromatic N) is 1. The molecule has 5 nitrogen and oxygen atoms in total. The van der Waals surface area contributed by atoms with Crippen LogP contribution in [0.5, 0.6) is 0 Å². The first-order chi connectivity index (χ1) is 8.95. The molecule has 0 fully saturated rings. The molecule has 1 unspecified atom stereocenters. The van der Waals surface area contributed by atoms with Gasteiger partial charge in [0.05, 0.1) is 10.3 Å². The van der Waals surface area contributed by atoms with Crippen molar-refractivity contribution in [1.29, 1.82) is 0 Å². The van der Waals surface area contributed by atoms with E-state index in [4.69, 9.17) is 11.6 Å². The van der Waals surface area contributed by atoms with E-state index in [1.807, 2.05) is 6.92 Å². The minimum Gasteiger partial charge on any atom is -0.351 e. The molecular formula is C13H17ClN2O3. The molecule has 1 N–H and O–H groups in total. The molecule has 0 saturated heterocycles. The zero-order chi connectivity index (χ0) is 14.4. The maximum atomic E-state index is 11.9. The largest absolute Gasteiger partial charge is 0.351 e. The molecule has 1 rings (SSSR count). The van der Waals surface area contributed by atoms with Gasteiger partial charge in [-0.3, -0.25) is 14.9 Å². The maximum Gasteiger partial charge on any atom is 0.269 e. The number of amides is 1. The van der Waals surface area contributed by atoms with Gasteiger partial charge < -0.3 is 5.32 Å². The maximum absolute atomic E-state index is 11.9. The number of nitro benzene ring substituents is 1. The van der Waals surface area contributed by atoms with Crippen LogP contribution >= 0.6 is 11.6 Å². The number of non-ortho nitro benzene ring substituents is 1. The third-order valence-electron chi connectivity index (χ3n) is 2.75. The Labute approximate surface area is 117 Å². The van der Waals surface area contributed by atoms with Gasteiger partial charge in [-0.15, -0.1) is 11.6 Å². The van der Waals surface area contributed by atoms with E-state index in [1.165, 1.54) is 18.2 Å². The number of carbonyl (C=O) groups is 1. The fourth-order valence-electron chi connectivity index (χ4n) is 1.73. The van der Waals surface area contributed by atoms with Crippen LogP contribution in [0.25, 0.3) is 0 Å². The van der Waals surface area contributed by atoms with Gasteiger partial charge in [-0.05, 0) is 25.0 Å². The summed E-state index contributed by atoms with van der Waals surface area (Å²) in [7, 11) is 0. The van der Waals surface area contributed by atoms with Crippen molar-refractivity contribution in [2.45, 2.75) is 32.1 Å². The number of nitro groups is 1. The van der Waals surface area contributed by atoms with Gasteiger partial charge in [0.2, 0.25) is 0 Å². The Balaban J connectivity index is 2.70. The minimum absolute atomic E-state index is 0.0183. The third kappa shape index (κ3) is 4.52. The van der Waals surface area contributed by atoms with Crippen LogP contribution in [0.15, 0.2) is 18.2 Å². The van der Waals surface area contributed by atoms with Gasteiger partial charge in [-0.1, -0.05) is 13.3 Å². The first-order valence-electron chi connectivity index (χ1n) is 6.13. The molecule has 6 heteroatoms. The van der Waals surface area contributed by atoms with Gasteiger partial charge in [-0.2, -0.15) is 0 Å². The molecule has 1 aromatic carbocycles. The molecule has 0 bridgehead atoms. The van der Waals surface area contributed by atoms with Crippen LogP contribution in [-0.4, -0.2) is 22.8 Å². The SMILES string of the molecule is CCCC(Cl)CNC(=O)c1ccc([N+](=O)[O-])cc1C. The lowest BCUT2D eigenvalue weighted by molar-refractivity contribution is -0.384. The summed E-state index contributed by atoms with van der Waals surface area (Å²) >= 11 is 6.02. The number of alkyl halides is 1. The van der Waals surface area contributed by atoms with E-state index in [-0.39, 0.29) is 17.0 Å². The van der Waals surface area contributed by atoms with E-state index >= 15 is 0 Å². The van der Waals surface area contributed by atoms with Crippen LogP contribution < -0.4 is 5.32 Å². The van der Waals surface area contributed by atoms with Gasteiger partial charge in [0.15, 0.2) is 0 Å². The Morgan fingerprint density at radius 1 is 1.53 bits per heavy atom. The minimum atomic E-state index is -0.481. The normalized spacial score (nSPS) is 11.9. The Morgan fingerprint density at radius 3 is 2.74 bits per heavy atom. The van der Waals surface area contributed by atoms with Crippen LogP contribution in [0, 0.1) is 17.0 Å². The number of benzene rings is 1. The highest BCUT2D eigenvalue weighted by Crippen LogP contribution is 2.17. The second kappa shape index (κ2) is 7.09. The summed E-state index contributed by atoms with van der Waals surface area (Å²) in [6.07, 6.45) is 1.79. The molecule has 19 heavy (non-hydrogen) atoms. The zero-order valence-corrected chi connectivity index (χ0v) is 11.7. The molecule has 0 spiro atoms. The molecule has 0 heterocycles. The molecular weight excluding hydrogens is 268 g/mol. The van der Waals surface area contributed by atoms with Crippen molar-refractivity contribution in [3.8, 4) is 0 Å². The zero-order valence-electron chi connectivity index (χ0n) is 11.0. The molecule has 0 radical (unpaired) electrons. The molecule has 1 amide bonds. The molecule has 0 aliphatic heterocycles. The van der Waals surface area contributed by atoms with Crippen LogP contribution in [0.2, 0.25) is 0 Å². The highest BCUT2D eigenvalue weighted by molar-refractivity contribution is 6.20. The first kappa shape index (κ1) is 15.4. The summed E-state index contributed by atoms with van der Waals surface area (Å²) in [6.45, 7) is 4.09. The number of carbonyl (C=O) groups excluding carboxylic acids is 1. The average molecular weight is 285 g/mol. The van der Waals surface area contributed by atoms with Crippen molar-refractivity contribution in [1.82, 2.24) is 5.32 Å². The van der Waals surface area contributed by atoms with Gasteiger partial charge in [-0.25, -0.2) is 0 Å². The summed E-state index contributed by atoms with van der Waals surface area (Å²) in [6, 6.07) is 4.18. The van der Waals surface area contributed by atoms with Crippen molar-refractivity contribution in [3.63, 3.8) is 0 Å². The quantitative estimate of drug-likeness (QED) is 0.496. The molecule has 1 aromatic rings. The van der Waals surface area contributed by atoms with Crippen molar-refractivity contribution in [2.24, 2.45) is 0 Å². The number of nitrogens with one attached hydrogen (secondary N) is 1. The number of hydrogen-bond donors (Lipinski definition) is 1. The third-order valence-corrected chi connectivity index (χ3v) is 3.12. The summed E-state index contributed by atoms with van der Waals surface area (Å²) in [5.41, 5.74) is 0.995. The fourth-order valence-corrected chi connectivity index (χ4v) is 2.03. The first-order valence-corrected chi connectivity index (χ1v) is 6.56. The van der Waals surface area contributed by atoms with Crippen LogP contribution in [0.1, 0.15) is 35.7 Å². The second-order valence-corrected chi connectivity index (χ2v) is 4.97. The van der Waals surface area contributed by atoms with Gasteiger partial charge in [0.25, 0.3) is 11.6 Å². The average Bonchev–Trinajstić information content (AvgIpc) is 2.36. The van der Waals surface area contributed by atoms with E-state index in [9.17, 15) is 14.9 Å². The standard InChI is InChI=1S/C13H17ClN2O3/c1-3-4-10(14)8-15-13(17)12-6-5-11(16(18)19)7-9(12)2/h5-7,10H,3-4,8H2,1-2H3,(H,15,17). The molecule has 0 aliphatic rings. The predicted octanol–water partition coefficient (Wildman–Crippen LogP) is 3.04. The monoisotopic (exact) mass is 284 g/mol. The topological polar surface area (TPSA) is 72.2 Å². The lowest BCUT2D eigenvalue weighted by Crippen LogP contribution is -2.30. The molecule has 1 atom stereocenters. The highest BCUT2D eigenvalue weighted by atomic mass is 35.5. The lowest BCUT2D eigenvalue weighted by atomic mass is 10.1. The van der Waals surface area contributed by atoms with E-state index < -0.39 is 4.92 Å². The predicted molar refractivity (Wildman–Crippen MR) is 74.7 cm³/mol. The summed E-state index contributed by atoms with van der Waals surface area (Å²) in [4.78, 5) is 22.0. The molecule has 0 aromatic heterocycles. The summed E-state index contributed by atoms with van der Waals surface area (Å²) in [5, 5.41) is 13.3. The number of hydrogen-bond acceptors (Lipinski definition) is 3. The molecule has 0 saturated carbocycles. The Bertz CT molecular complexity index is 477. The van der Waals surface area contributed by atoms with Crippen molar-refractivity contribution in [2.75, 3.05) is 6.54 Å². The van der Waals surface area contributed by atoms with Crippen molar-refractivity contribution in [3.05, 3.63) is 39.4 Å². The van der Waals surface area contributed by atoms with Gasteiger partial charge in [0, 0.05) is 24.2 Å². The number of aryl methyl sites for hydroxylation is 1. The van der Waals surface area contributed by atoms with Crippen molar-refractivity contribution < 1.29 is 9.72 Å². The van der Waals surface area contributed by atoms with Crippen LogP contribution in [-0.2, 0) is 0 Å². The summed E-state index contributed by atoms with van der Waals surface area (Å²) in [5.74, 6) is -0.255.